The fraction of sp³-hybridized carbons (Fsp3) is 0.0179. The first-order valence-corrected chi connectivity index (χ1v) is 40.0. The average Bonchev–Trinajstić information content (AvgIpc) is 0.736. The average molecular weight is 1910 g/mol. The van der Waals surface area contributed by atoms with Gasteiger partial charge < -0.3 is 15.1 Å². The number of fused-ring (bicyclic) bond motifs is 21. The quantitative estimate of drug-likeness (QED) is 0.0589. The van der Waals surface area contributed by atoms with Gasteiger partial charge in [0.25, 0.3) is 0 Å². The minimum atomic E-state index is 0. The molecule has 18 aromatic carbocycles. The summed E-state index contributed by atoms with van der Waals surface area (Å²) in [5.41, 5.74) is 11.2. The van der Waals surface area contributed by atoms with Crippen LogP contribution in [0, 0.1) is 12.1 Å². The third-order valence-corrected chi connectivity index (χ3v) is 22.0. The number of pyridine rings is 5. The molecule has 5 N–H and O–H groups in total. The fourth-order valence-corrected chi connectivity index (χ4v) is 16.6. The second kappa shape index (κ2) is 37.0. The van der Waals surface area contributed by atoms with Crippen LogP contribution in [0.1, 0.15) is 13.8 Å². The number of benzene rings is 18. The molecule has 2 radical (unpaired) electrons. The minimum Gasteiger partial charge on any atom is -0.512 e. The van der Waals surface area contributed by atoms with Crippen molar-refractivity contribution in [2.45, 2.75) is 13.8 Å². The molecule has 0 unspecified atom stereocenters. The monoisotopic (exact) mass is 1910 g/mol. The number of hydrogen-bond donors (Lipinski definition) is 1. The molecule has 0 saturated carbocycles. The summed E-state index contributed by atoms with van der Waals surface area (Å²) >= 11 is 0. The van der Waals surface area contributed by atoms with Crippen LogP contribution in [-0.4, -0.2) is 25.7 Å². The molecule has 0 amide bonds. The number of nitrogens with zero attached hydrogens (tertiary/aromatic N) is 2. The molecule has 0 aliphatic rings. The smallest absolute Gasteiger partial charge is 0.316 e. The Balaban J connectivity index is 0.000000110. The predicted octanol–water partition coefficient (Wildman–Crippen LogP) is 27.6. The normalized spacial score (nSPS) is 11.0. The number of aliphatic hydroxyl groups is 1. The number of aliphatic hydroxyl groups excluding tert-OH is 1. The second-order valence-corrected chi connectivity index (χ2v) is 29.4. The van der Waals surface area contributed by atoms with E-state index in [1.165, 1.54) is 194 Å². The molecule has 7 nitrogen and oxygen atoms in total. The number of H-pyrrole nitrogens is 3. The zero-order valence-electron chi connectivity index (χ0n) is 66.4. The van der Waals surface area contributed by atoms with E-state index in [-0.39, 0.29) is 51.8 Å². The molecule has 582 valence electrons. The molecule has 5 aromatic heterocycles. The molecule has 23 aromatic rings. The molecule has 23 rings (SSSR count). The first-order valence-electron chi connectivity index (χ1n) is 40.0. The summed E-state index contributed by atoms with van der Waals surface area (Å²) in [5.74, 6) is 0.250. The Morgan fingerprint density at radius 2 is 0.496 bits per heavy atom. The van der Waals surface area contributed by atoms with Crippen molar-refractivity contribution < 1.29 is 65.1 Å². The van der Waals surface area contributed by atoms with E-state index >= 15 is 0 Å². The Bertz CT molecular complexity index is 7110. The maximum atomic E-state index is 8.40. The van der Waals surface area contributed by atoms with Crippen LogP contribution in [0.15, 0.2) is 431 Å². The van der Waals surface area contributed by atoms with E-state index in [1.807, 2.05) is 73.4 Å². The largest absolute Gasteiger partial charge is 0.512 e. The number of allylic oxidation sites excluding steroid dienone is 2. The van der Waals surface area contributed by atoms with Crippen LogP contribution in [0.3, 0.4) is 0 Å². The van der Waals surface area contributed by atoms with Gasteiger partial charge in [0, 0.05) is 104 Å². The summed E-state index contributed by atoms with van der Waals surface area (Å²) in [6.45, 7) is 3.00. The zero-order valence-corrected chi connectivity index (χ0v) is 71.2. The van der Waals surface area contributed by atoms with Crippen LogP contribution < -0.4 is 15.0 Å². The number of aromatic amines is 3. The molecule has 0 aliphatic heterocycles. The minimum absolute atomic E-state index is 0. The number of aromatic nitrogens is 5. The molecule has 0 atom stereocenters. The molecule has 121 heavy (non-hydrogen) atoms. The molecule has 0 saturated heterocycles. The summed E-state index contributed by atoms with van der Waals surface area (Å²) < 4.78 is 0. The van der Waals surface area contributed by atoms with Crippen LogP contribution in [0.4, 0.5) is 0 Å². The van der Waals surface area contributed by atoms with Crippen molar-refractivity contribution >= 4 is 146 Å². The van der Waals surface area contributed by atoms with E-state index in [2.05, 4.69) is 383 Å². The topological polar surface area (TPSA) is 110 Å². The predicted molar refractivity (Wildman–Crippen MR) is 499 cm³/mol. The van der Waals surface area contributed by atoms with E-state index in [4.69, 9.17) is 9.90 Å². The Kier molecular flexibility index (Phi) is 24.6. The maximum Gasteiger partial charge on any atom is 0.316 e. The standard InChI is InChI=1S/2C23H15N.C23H14N.C19H13N.C19H12N.C5H8O2.2Ir/c3*1-2-7-17(8-3-1)23-22-13-12-19-18-9-5-4-6-16(18)10-11-20(19)21(22)14-15-24-23;2*1-2-7-15(8-3-1)19-18-11-10-14-6-4-5-9-16(14)17(18)12-13-20-19;1-4(6)3-5(2)7;;/h2*1-15H;1-7,9-15H;1-13H;1-7,9-13H;3,6H,1-2H3;;/q;;-1;;-1;;;/p+4. The zero-order chi connectivity index (χ0) is 80.4. The van der Waals surface area contributed by atoms with Gasteiger partial charge in [-0.05, 0) is 193 Å². The van der Waals surface area contributed by atoms with Crippen molar-refractivity contribution in [1.29, 1.82) is 0 Å². The van der Waals surface area contributed by atoms with Gasteiger partial charge >= 0.3 is 5.78 Å². The third kappa shape index (κ3) is 16.9. The number of nitrogens with one attached hydrogen (secondary N) is 3. The number of carbonyl (C=O) groups excluding carboxylic acids is 1. The van der Waals surface area contributed by atoms with E-state index in [1.54, 1.807) is 0 Å². The Morgan fingerprint density at radius 3 is 0.802 bits per heavy atom. The van der Waals surface area contributed by atoms with Gasteiger partial charge in [0.1, 0.15) is 0 Å². The van der Waals surface area contributed by atoms with Crippen LogP contribution in [0.25, 0.3) is 196 Å². The van der Waals surface area contributed by atoms with Crippen molar-refractivity contribution in [2.24, 2.45) is 0 Å². The summed E-state index contributed by atoms with van der Waals surface area (Å²) in [6.07, 6.45) is 11.2. The van der Waals surface area contributed by atoms with Crippen molar-refractivity contribution in [3.8, 4) is 56.3 Å². The molecular weight excluding hydrogens is 1830 g/mol. The second-order valence-electron chi connectivity index (χ2n) is 29.4. The van der Waals surface area contributed by atoms with Crippen molar-refractivity contribution in [3.05, 3.63) is 443 Å². The van der Waals surface area contributed by atoms with Crippen LogP contribution >= 0.6 is 0 Å². The molecule has 0 aliphatic carbocycles. The van der Waals surface area contributed by atoms with Gasteiger partial charge in [0.05, 0.1) is 34.9 Å². The molecule has 9 heteroatoms. The van der Waals surface area contributed by atoms with Gasteiger partial charge in [-0.1, -0.05) is 255 Å². The molecular formula is C112H81Ir2N5O2+2. The Labute approximate surface area is 728 Å². The van der Waals surface area contributed by atoms with Gasteiger partial charge in [-0.15, -0.1) is 71.8 Å². The van der Waals surface area contributed by atoms with Gasteiger partial charge in [0.15, 0.2) is 18.6 Å². The van der Waals surface area contributed by atoms with E-state index < -0.39 is 0 Å². The molecule has 5 heterocycles. The summed E-state index contributed by atoms with van der Waals surface area (Å²) in [5, 5.41) is 41.5. The summed E-state index contributed by atoms with van der Waals surface area (Å²) in [4.78, 5) is 27.8. The van der Waals surface area contributed by atoms with Gasteiger partial charge in [-0.25, -0.2) is 15.0 Å². The first kappa shape index (κ1) is 80.4. The number of rotatable bonds is 6. The van der Waals surface area contributed by atoms with Crippen molar-refractivity contribution in [3.63, 3.8) is 0 Å². The van der Waals surface area contributed by atoms with Crippen molar-refractivity contribution in [1.82, 2.24) is 9.97 Å². The van der Waals surface area contributed by atoms with E-state index in [0.717, 1.165) is 22.5 Å². The maximum absolute atomic E-state index is 8.40. The Hall–Kier alpha value is -14.4. The Morgan fingerprint density at radius 1 is 0.256 bits per heavy atom. The third-order valence-electron chi connectivity index (χ3n) is 22.0. The first-order chi connectivity index (χ1) is 58.7. The van der Waals surface area contributed by atoms with Gasteiger partial charge in [-0.3, -0.25) is 4.79 Å². The van der Waals surface area contributed by atoms with Gasteiger partial charge in [0.2, 0.25) is 17.1 Å². The van der Waals surface area contributed by atoms with E-state index in [9.17, 15) is 0 Å². The van der Waals surface area contributed by atoms with Crippen LogP contribution in [0.5, 0.6) is 0 Å². The number of ketones is 1. The summed E-state index contributed by atoms with van der Waals surface area (Å²) in [6, 6.07) is 143. The van der Waals surface area contributed by atoms with Crippen LogP contribution in [-0.2, 0) is 40.2 Å². The molecule has 0 bridgehead atoms. The SMILES string of the molecule is CC(=[OH+])C=C(C)O.[Ir].[Ir].[c-]1ccccc1-c1nccc2c1ccc1c3ccccc3ccc21.[c-]1ccccc1-c1nccc2c1ccc1ccccc12.c1ccc(-c2[nH+]ccc3c2ccc2c4ccccc4ccc32)cc1.c1ccc(-c2[nH+]ccc3c2ccc2c4ccccc4ccc32)cc1.c1ccc(-c2[nH+]ccc3c2ccc2ccccc23)cc1. The molecule has 0 fully saturated rings. The summed E-state index contributed by atoms with van der Waals surface area (Å²) in [7, 11) is 0. The van der Waals surface area contributed by atoms with E-state index in [0.29, 0.717) is 0 Å². The molecule has 0 spiro atoms. The van der Waals surface area contributed by atoms with Gasteiger partial charge in [-0.2, -0.15) is 0 Å². The van der Waals surface area contributed by atoms with Crippen molar-refractivity contribution in [2.75, 3.05) is 0 Å². The number of hydrogen-bond acceptors (Lipinski definition) is 3. The van der Waals surface area contributed by atoms with Crippen LogP contribution in [0.2, 0.25) is 0 Å². The fourth-order valence-electron chi connectivity index (χ4n) is 16.6.